The first-order valence-electron chi connectivity index (χ1n) is 5.49. The Kier molecular flexibility index (Phi) is 3.38. The van der Waals surface area contributed by atoms with E-state index in [-0.39, 0.29) is 0 Å². The van der Waals surface area contributed by atoms with Gasteiger partial charge in [0, 0.05) is 23.2 Å². The Hall–Kier alpha value is -0.450. The molecular formula is C12H17IN2. The van der Waals surface area contributed by atoms with Crippen LogP contribution in [-0.2, 0) is 0 Å². The predicted molar refractivity (Wildman–Crippen MR) is 74.7 cm³/mol. The molecule has 1 N–H and O–H groups in total. The summed E-state index contributed by atoms with van der Waals surface area (Å²) in [4.78, 5) is 2.45. The van der Waals surface area contributed by atoms with Gasteiger partial charge in [-0.2, -0.15) is 0 Å². The minimum atomic E-state index is 0.704. The summed E-state index contributed by atoms with van der Waals surface area (Å²) in [5.74, 6) is 0.704. The second-order valence-electron chi connectivity index (χ2n) is 4.19. The average molecular weight is 316 g/mol. The first-order valence-corrected chi connectivity index (χ1v) is 6.57. The Morgan fingerprint density at radius 1 is 1.53 bits per heavy atom. The molecule has 1 aliphatic heterocycles. The van der Waals surface area contributed by atoms with Crippen molar-refractivity contribution in [2.45, 2.75) is 13.8 Å². The summed E-state index contributed by atoms with van der Waals surface area (Å²) in [5, 5.41) is 3.53. The summed E-state index contributed by atoms with van der Waals surface area (Å²) in [6.07, 6.45) is 0. The van der Waals surface area contributed by atoms with Gasteiger partial charge in [-0.05, 0) is 53.6 Å². The largest absolute Gasteiger partial charge is 0.383 e. The van der Waals surface area contributed by atoms with E-state index in [2.05, 4.69) is 64.9 Å². The van der Waals surface area contributed by atoms with E-state index >= 15 is 0 Å². The molecule has 0 spiro atoms. The third-order valence-corrected chi connectivity index (χ3v) is 3.53. The lowest BCUT2D eigenvalue weighted by Crippen LogP contribution is -2.28. The molecule has 0 bridgehead atoms. The molecule has 1 aliphatic rings. The summed E-state index contributed by atoms with van der Waals surface area (Å²) in [7, 11) is 0. The molecule has 1 aromatic rings. The summed E-state index contributed by atoms with van der Waals surface area (Å²) < 4.78 is 1.30. The van der Waals surface area contributed by atoms with Crippen molar-refractivity contribution in [2.75, 3.05) is 29.9 Å². The highest BCUT2D eigenvalue weighted by Gasteiger charge is 2.17. The van der Waals surface area contributed by atoms with E-state index in [0.717, 1.165) is 19.6 Å². The number of nitrogens with zero attached hydrogens (tertiary/aromatic N) is 1. The van der Waals surface area contributed by atoms with Crippen LogP contribution in [0.2, 0.25) is 0 Å². The maximum atomic E-state index is 3.53. The van der Waals surface area contributed by atoms with E-state index in [0.29, 0.717) is 5.92 Å². The van der Waals surface area contributed by atoms with Crippen molar-refractivity contribution in [2.24, 2.45) is 5.92 Å². The van der Waals surface area contributed by atoms with Gasteiger partial charge in [0.05, 0.1) is 11.4 Å². The number of hydrogen-bond donors (Lipinski definition) is 1. The van der Waals surface area contributed by atoms with Gasteiger partial charge in [0.1, 0.15) is 0 Å². The monoisotopic (exact) mass is 316 g/mol. The third-order valence-electron chi connectivity index (χ3n) is 2.85. The van der Waals surface area contributed by atoms with E-state index in [1.54, 1.807) is 0 Å². The maximum Gasteiger partial charge on any atom is 0.0602 e. The molecule has 0 aromatic heterocycles. The zero-order chi connectivity index (χ0) is 10.8. The van der Waals surface area contributed by atoms with Crippen LogP contribution in [0.3, 0.4) is 0 Å². The van der Waals surface area contributed by atoms with E-state index in [1.807, 2.05) is 0 Å². The maximum absolute atomic E-state index is 3.53. The Bertz CT molecular complexity index is 351. The van der Waals surface area contributed by atoms with Crippen molar-refractivity contribution in [3.63, 3.8) is 0 Å². The fraction of sp³-hybridized carbons (Fsp3) is 0.500. The molecule has 2 nitrogen and oxygen atoms in total. The molecule has 0 saturated heterocycles. The Morgan fingerprint density at radius 2 is 2.33 bits per heavy atom. The number of halogens is 1. The van der Waals surface area contributed by atoms with Gasteiger partial charge in [-0.15, -0.1) is 0 Å². The molecule has 0 amide bonds. The smallest absolute Gasteiger partial charge is 0.0602 e. The van der Waals surface area contributed by atoms with E-state index in [9.17, 15) is 0 Å². The van der Waals surface area contributed by atoms with Crippen molar-refractivity contribution >= 4 is 34.0 Å². The standard InChI is InChI=1S/C12H17IN2/c1-3-15-8-9(2)7-14-11-6-10(13)4-5-12(11)15/h4-6,9,14H,3,7-8H2,1-2H3. The lowest BCUT2D eigenvalue weighted by Gasteiger charge is -2.24. The van der Waals surface area contributed by atoms with Crippen LogP contribution in [0.15, 0.2) is 18.2 Å². The molecule has 1 aromatic carbocycles. The summed E-state index contributed by atoms with van der Waals surface area (Å²) in [6.45, 7) is 7.83. The minimum Gasteiger partial charge on any atom is -0.383 e. The van der Waals surface area contributed by atoms with Crippen LogP contribution in [0.4, 0.5) is 11.4 Å². The van der Waals surface area contributed by atoms with Gasteiger partial charge in [0.15, 0.2) is 0 Å². The molecule has 0 radical (unpaired) electrons. The quantitative estimate of drug-likeness (QED) is 0.801. The van der Waals surface area contributed by atoms with Crippen LogP contribution in [0.1, 0.15) is 13.8 Å². The fourth-order valence-electron chi connectivity index (χ4n) is 2.05. The van der Waals surface area contributed by atoms with Crippen molar-refractivity contribution in [3.05, 3.63) is 21.8 Å². The first kappa shape index (κ1) is 11.0. The van der Waals surface area contributed by atoms with Crippen molar-refractivity contribution in [1.29, 1.82) is 0 Å². The van der Waals surface area contributed by atoms with Gasteiger partial charge < -0.3 is 10.2 Å². The highest BCUT2D eigenvalue weighted by atomic mass is 127. The molecule has 0 fully saturated rings. The fourth-order valence-corrected chi connectivity index (χ4v) is 2.54. The number of fused-ring (bicyclic) bond motifs is 1. The molecule has 1 heterocycles. The lowest BCUT2D eigenvalue weighted by atomic mass is 10.2. The number of rotatable bonds is 1. The molecule has 0 saturated carbocycles. The first-order chi connectivity index (χ1) is 7.20. The molecule has 1 atom stereocenters. The highest BCUT2D eigenvalue weighted by molar-refractivity contribution is 14.1. The van der Waals surface area contributed by atoms with E-state index in [1.165, 1.54) is 14.9 Å². The Balaban J connectivity index is 2.38. The van der Waals surface area contributed by atoms with Crippen LogP contribution in [0, 0.1) is 9.49 Å². The average Bonchev–Trinajstić information content (AvgIpc) is 2.38. The molecule has 15 heavy (non-hydrogen) atoms. The van der Waals surface area contributed by atoms with Gasteiger partial charge >= 0.3 is 0 Å². The summed E-state index contributed by atoms with van der Waals surface area (Å²) >= 11 is 2.36. The molecule has 3 heteroatoms. The van der Waals surface area contributed by atoms with Crippen LogP contribution < -0.4 is 10.2 Å². The molecule has 82 valence electrons. The second-order valence-corrected chi connectivity index (χ2v) is 5.43. The Labute approximate surface area is 105 Å². The Morgan fingerprint density at radius 3 is 3.07 bits per heavy atom. The van der Waals surface area contributed by atoms with Gasteiger partial charge in [-0.3, -0.25) is 0 Å². The molecular weight excluding hydrogens is 299 g/mol. The van der Waals surface area contributed by atoms with Crippen LogP contribution in [-0.4, -0.2) is 19.6 Å². The van der Waals surface area contributed by atoms with Crippen LogP contribution >= 0.6 is 22.6 Å². The predicted octanol–water partition coefficient (Wildman–Crippen LogP) is 3.18. The van der Waals surface area contributed by atoms with Crippen LogP contribution in [0.5, 0.6) is 0 Å². The zero-order valence-corrected chi connectivity index (χ0v) is 11.4. The topological polar surface area (TPSA) is 15.3 Å². The second kappa shape index (κ2) is 4.60. The summed E-state index contributed by atoms with van der Waals surface area (Å²) in [6, 6.07) is 6.64. The number of hydrogen-bond acceptors (Lipinski definition) is 2. The molecule has 2 rings (SSSR count). The van der Waals surface area contributed by atoms with Crippen molar-refractivity contribution in [3.8, 4) is 0 Å². The lowest BCUT2D eigenvalue weighted by molar-refractivity contribution is 0.602. The van der Waals surface area contributed by atoms with Gasteiger partial charge in [0.2, 0.25) is 0 Å². The van der Waals surface area contributed by atoms with E-state index in [4.69, 9.17) is 0 Å². The van der Waals surface area contributed by atoms with Gasteiger partial charge in [-0.1, -0.05) is 6.92 Å². The third kappa shape index (κ3) is 2.38. The number of anilines is 2. The van der Waals surface area contributed by atoms with Gasteiger partial charge in [-0.25, -0.2) is 0 Å². The zero-order valence-electron chi connectivity index (χ0n) is 9.26. The SMILES string of the molecule is CCN1CC(C)CNc2cc(I)ccc21. The number of benzene rings is 1. The van der Waals surface area contributed by atoms with Crippen molar-refractivity contribution in [1.82, 2.24) is 0 Å². The highest BCUT2D eigenvalue weighted by Crippen LogP contribution is 2.30. The van der Waals surface area contributed by atoms with Crippen molar-refractivity contribution < 1.29 is 0 Å². The van der Waals surface area contributed by atoms with Crippen LogP contribution in [0.25, 0.3) is 0 Å². The minimum absolute atomic E-state index is 0.704. The summed E-state index contributed by atoms with van der Waals surface area (Å²) in [5.41, 5.74) is 2.63. The van der Waals surface area contributed by atoms with Gasteiger partial charge in [0.25, 0.3) is 0 Å². The molecule has 0 aliphatic carbocycles. The number of nitrogens with one attached hydrogen (secondary N) is 1. The van der Waals surface area contributed by atoms with E-state index < -0.39 is 0 Å². The molecule has 1 unspecified atom stereocenters. The normalized spacial score (nSPS) is 20.5.